The van der Waals surface area contributed by atoms with Crippen LogP contribution >= 0.6 is 24.0 Å². The van der Waals surface area contributed by atoms with Crippen molar-refractivity contribution in [3.63, 3.8) is 0 Å². The number of carbonyl (C=O) groups is 1. The number of amides is 1. The van der Waals surface area contributed by atoms with Crippen LogP contribution in [-0.2, 0) is 13.1 Å². The average Bonchev–Trinajstić information content (AvgIpc) is 2.64. The first kappa shape index (κ1) is 21.9. The molecule has 2 aromatic rings. The minimum atomic E-state index is -0.210. The number of halogens is 2. The molecule has 7 heteroatoms. The molecule has 0 aliphatic rings. The van der Waals surface area contributed by atoms with E-state index in [1.807, 2.05) is 18.2 Å². The zero-order valence-electron chi connectivity index (χ0n) is 15.1. The number of nitrogens with one attached hydrogen (secondary N) is 3. The first-order chi connectivity index (χ1) is 12.0. The molecule has 0 saturated carbocycles. The van der Waals surface area contributed by atoms with E-state index in [9.17, 15) is 9.18 Å². The predicted octanol–water partition coefficient (Wildman–Crippen LogP) is 2.98. The Balaban J connectivity index is 0.00000338. The summed E-state index contributed by atoms with van der Waals surface area (Å²) in [7, 11) is 3.28. The van der Waals surface area contributed by atoms with Gasteiger partial charge >= 0.3 is 0 Å². The summed E-state index contributed by atoms with van der Waals surface area (Å²) < 4.78 is 13.6. The number of aryl methyl sites for hydroxylation is 1. The van der Waals surface area contributed by atoms with Crippen LogP contribution in [0.3, 0.4) is 0 Å². The third-order valence-corrected chi connectivity index (χ3v) is 3.82. The summed E-state index contributed by atoms with van der Waals surface area (Å²) in [5.74, 6) is 0.303. The fourth-order valence-electron chi connectivity index (χ4n) is 2.26. The van der Waals surface area contributed by atoms with Gasteiger partial charge in [0.25, 0.3) is 5.91 Å². The molecule has 2 aromatic carbocycles. The molecule has 5 nitrogen and oxygen atoms in total. The summed E-state index contributed by atoms with van der Waals surface area (Å²) in [4.78, 5) is 15.7. The molecule has 140 valence electrons. The van der Waals surface area contributed by atoms with Crippen molar-refractivity contribution in [2.24, 2.45) is 4.99 Å². The van der Waals surface area contributed by atoms with Crippen molar-refractivity contribution in [1.29, 1.82) is 0 Å². The standard InChI is InChI=1S/C19H23FN4O.HI/c1-13-4-5-15(10-17(13)20)12-24-19(22-3)23-11-14-6-8-16(9-7-14)18(25)21-2;/h4-10H,11-12H2,1-3H3,(H,21,25)(H2,22,23,24);1H. The summed E-state index contributed by atoms with van der Waals surface area (Å²) in [6, 6.07) is 12.5. The Kier molecular flexibility index (Phi) is 9.04. The number of aliphatic imine (C=N–C) groups is 1. The number of benzene rings is 2. The van der Waals surface area contributed by atoms with Crippen molar-refractivity contribution in [3.8, 4) is 0 Å². The van der Waals surface area contributed by atoms with Gasteiger partial charge < -0.3 is 16.0 Å². The predicted molar refractivity (Wildman–Crippen MR) is 113 cm³/mol. The van der Waals surface area contributed by atoms with Crippen LogP contribution in [0.4, 0.5) is 4.39 Å². The molecule has 0 bridgehead atoms. The van der Waals surface area contributed by atoms with Gasteiger partial charge in [-0.3, -0.25) is 9.79 Å². The van der Waals surface area contributed by atoms with E-state index in [0.717, 1.165) is 11.1 Å². The van der Waals surface area contributed by atoms with Gasteiger partial charge in [0.2, 0.25) is 0 Å². The molecule has 0 radical (unpaired) electrons. The Labute approximate surface area is 170 Å². The van der Waals surface area contributed by atoms with Gasteiger partial charge in [0, 0.05) is 32.7 Å². The van der Waals surface area contributed by atoms with Crippen LogP contribution in [0.5, 0.6) is 0 Å². The molecule has 0 saturated heterocycles. The number of hydrogen-bond acceptors (Lipinski definition) is 2. The smallest absolute Gasteiger partial charge is 0.251 e. The second kappa shape index (κ2) is 10.7. The first-order valence-electron chi connectivity index (χ1n) is 8.04. The lowest BCUT2D eigenvalue weighted by molar-refractivity contribution is 0.0963. The maximum Gasteiger partial charge on any atom is 0.251 e. The van der Waals surface area contributed by atoms with Crippen LogP contribution in [0.15, 0.2) is 47.5 Å². The lowest BCUT2D eigenvalue weighted by Gasteiger charge is -2.12. The summed E-state index contributed by atoms with van der Waals surface area (Å²) in [6.07, 6.45) is 0. The van der Waals surface area contributed by atoms with Crippen molar-refractivity contribution in [3.05, 3.63) is 70.5 Å². The molecular weight excluding hydrogens is 446 g/mol. The van der Waals surface area contributed by atoms with Crippen LogP contribution in [0, 0.1) is 12.7 Å². The molecule has 3 N–H and O–H groups in total. The van der Waals surface area contributed by atoms with Crippen molar-refractivity contribution >= 4 is 35.8 Å². The quantitative estimate of drug-likeness (QED) is 0.358. The Morgan fingerprint density at radius 2 is 1.62 bits per heavy atom. The highest BCUT2D eigenvalue weighted by Crippen LogP contribution is 2.09. The largest absolute Gasteiger partial charge is 0.355 e. The molecular formula is C19H24FIN4O. The zero-order chi connectivity index (χ0) is 18.2. The van der Waals surface area contributed by atoms with E-state index in [-0.39, 0.29) is 35.7 Å². The van der Waals surface area contributed by atoms with Gasteiger partial charge in [0.05, 0.1) is 0 Å². The van der Waals surface area contributed by atoms with Gasteiger partial charge in [-0.05, 0) is 41.8 Å². The Morgan fingerprint density at radius 1 is 1.04 bits per heavy atom. The van der Waals surface area contributed by atoms with E-state index in [1.54, 1.807) is 39.2 Å². The maximum absolute atomic E-state index is 13.6. The Bertz CT molecular complexity index is 763. The van der Waals surface area contributed by atoms with E-state index in [0.29, 0.717) is 30.2 Å². The lowest BCUT2D eigenvalue weighted by atomic mass is 10.1. The average molecular weight is 470 g/mol. The van der Waals surface area contributed by atoms with E-state index in [4.69, 9.17) is 0 Å². The van der Waals surface area contributed by atoms with Crippen molar-refractivity contribution < 1.29 is 9.18 Å². The molecule has 0 aliphatic heterocycles. The molecule has 0 atom stereocenters. The summed E-state index contributed by atoms with van der Waals surface area (Å²) in [6.45, 7) is 2.78. The SMILES string of the molecule is CN=C(NCc1ccc(C(=O)NC)cc1)NCc1ccc(C)c(F)c1.I. The molecule has 0 fully saturated rings. The van der Waals surface area contributed by atoms with Gasteiger partial charge in [-0.1, -0.05) is 24.3 Å². The van der Waals surface area contributed by atoms with Crippen LogP contribution in [0.1, 0.15) is 27.0 Å². The second-order valence-corrected chi connectivity index (χ2v) is 5.64. The van der Waals surface area contributed by atoms with Crippen LogP contribution in [0.2, 0.25) is 0 Å². The molecule has 0 heterocycles. The van der Waals surface area contributed by atoms with E-state index in [1.165, 1.54) is 6.07 Å². The number of carbonyl (C=O) groups excluding carboxylic acids is 1. The highest BCUT2D eigenvalue weighted by molar-refractivity contribution is 14.0. The van der Waals surface area contributed by atoms with Gasteiger partial charge in [0.15, 0.2) is 5.96 Å². The summed E-state index contributed by atoms with van der Waals surface area (Å²) in [5.41, 5.74) is 3.12. The molecule has 2 rings (SSSR count). The minimum absolute atomic E-state index is 0. The van der Waals surface area contributed by atoms with Crippen LogP contribution in [0.25, 0.3) is 0 Å². The number of nitrogens with zero attached hydrogens (tertiary/aromatic N) is 1. The van der Waals surface area contributed by atoms with Crippen LogP contribution in [-0.4, -0.2) is 26.0 Å². The minimum Gasteiger partial charge on any atom is -0.355 e. The van der Waals surface area contributed by atoms with Gasteiger partial charge in [-0.25, -0.2) is 4.39 Å². The van der Waals surface area contributed by atoms with Crippen molar-refractivity contribution in [1.82, 2.24) is 16.0 Å². The fourth-order valence-corrected chi connectivity index (χ4v) is 2.26. The second-order valence-electron chi connectivity index (χ2n) is 5.64. The van der Waals surface area contributed by atoms with Gasteiger partial charge in [0.1, 0.15) is 5.82 Å². The topological polar surface area (TPSA) is 65.5 Å². The highest BCUT2D eigenvalue weighted by atomic mass is 127. The number of hydrogen-bond donors (Lipinski definition) is 3. The zero-order valence-corrected chi connectivity index (χ0v) is 17.4. The lowest BCUT2D eigenvalue weighted by Crippen LogP contribution is -2.36. The van der Waals surface area contributed by atoms with Crippen molar-refractivity contribution in [2.75, 3.05) is 14.1 Å². The summed E-state index contributed by atoms with van der Waals surface area (Å²) >= 11 is 0. The van der Waals surface area contributed by atoms with Gasteiger partial charge in [-0.2, -0.15) is 0 Å². The van der Waals surface area contributed by atoms with Crippen LogP contribution < -0.4 is 16.0 Å². The van der Waals surface area contributed by atoms with E-state index >= 15 is 0 Å². The van der Waals surface area contributed by atoms with Crippen molar-refractivity contribution in [2.45, 2.75) is 20.0 Å². The third kappa shape index (κ3) is 6.29. The molecule has 0 spiro atoms. The molecule has 0 aliphatic carbocycles. The molecule has 1 amide bonds. The number of guanidine groups is 1. The maximum atomic E-state index is 13.6. The summed E-state index contributed by atoms with van der Waals surface area (Å²) in [5, 5.41) is 8.93. The Morgan fingerprint density at radius 3 is 2.15 bits per heavy atom. The molecule has 0 aromatic heterocycles. The highest BCUT2D eigenvalue weighted by Gasteiger charge is 2.04. The molecule has 0 unspecified atom stereocenters. The van der Waals surface area contributed by atoms with E-state index < -0.39 is 0 Å². The number of rotatable bonds is 5. The monoisotopic (exact) mass is 470 g/mol. The normalized spacial score (nSPS) is 10.7. The molecule has 26 heavy (non-hydrogen) atoms. The Hall–Kier alpha value is -2.16. The van der Waals surface area contributed by atoms with Gasteiger partial charge in [-0.15, -0.1) is 24.0 Å². The van der Waals surface area contributed by atoms with E-state index in [2.05, 4.69) is 20.9 Å². The third-order valence-electron chi connectivity index (χ3n) is 3.82. The first-order valence-corrected chi connectivity index (χ1v) is 8.04. The fraction of sp³-hybridized carbons (Fsp3) is 0.263.